The summed E-state index contributed by atoms with van der Waals surface area (Å²) in [5.41, 5.74) is 3.34. The fourth-order valence-corrected chi connectivity index (χ4v) is 4.37. The average molecular weight is 418 g/mol. The SMILES string of the molecule is CCSCCOC(=O)C1=C(C)NC2=C(C(=O)CCC2)[C@H]1c1ccc(O)c(OC)c1. The van der Waals surface area contributed by atoms with Gasteiger partial charge in [-0.1, -0.05) is 13.0 Å². The minimum absolute atomic E-state index is 0.00998. The highest BCUT2D eigenvalue weighted by Crippen LogP contribution is 2.44. The van der Waals surface area contributed by atoms with Crippen molar-refractivity contribution in [3.63, 3.8) is 0 Å². The van der Waals surface area contributed by atoms with Crippen molar-refractivity contribution in [2.24, 2.45) is 0 Å². The van der Waals surface area contributed by atoms with Crippen LogP contribution in [0.25, 0.3) is 0 Å². The summed E-state index contributed by atoms with van der Waals surface area (Å²) in [6, 6.07) is 4.94. The van der Waals surface area contributed by atoms with Crippen LogP contribution in [0.3, 0.4) is 0 Å². The predicted molar refractivity (Wildman–Crippen MR) is 113 cm³/mol. The predicted octanol–water partition coefficient (Wildman–Crippen LogP) is 3.67. The van der Waals surface area contributed by atoms with Crippen molar-refractivity contribution in [3.8, 4) is 11.5 Å². The van der Waals surface area contributed by atoms with Crippen molar-refractivity contribution in [1.82, 2.24) is 5.32 Å². The lowest BCUT2D eigenvalue weighted by Crippen LogP contribution is -2.34. The van der Waals surface area contributed by atoms with E-state index in [0.717, 1.165) is 35.6 Å². The van der Waals surface area contributed by atoms with Crippen molar-refractivity contribution >= 4 is 23.5 Å². The van der Waals surface area contributed by atoms with Gasteiger partial charge in [0.05, 0.1) is 12.7 Å². The molecule has 1 aromatic rings. The number of carbonyl (C=O) groups is 2. The first-order chi connectivity index (χ1) is 14.0. The van der Waals surface area contributed by atoms with Crippen LogP contribution in [0.4, 0.5) is 0 Å². The summed E-state index contributed by atoms with van der Waals surface area (Å²) >= 11 is 1.70. The Bertz CT molecular complexity index is 874. The third-order valence-electron chi connectivity index (χ3n) is 5.20. The third kappa shape index (κ3) is 4.45. The standard InChI is InChI=1S/C22H27NO5S/c1-4-29-11-10-28-22(26)19-13(2)23-15-6-5-7-17(25)21(15)20(19)14-8-9-16(24)18(12-14)27-3/h8-9,12,20,23-24H,4-7,10-11H2,1-3H3/t20-/m0/s1. The summed E-state index contributed by atoms with van der Waals surface area (Å²) in [6.45, 7) is 4.21. The van der Waals surface area contributed by atoms with Gasteiger partial charge >= 0.3 is 5.97 Å². The minimum Gasteiger partial charge on any atom is -0.504 e. The molecule has 0 saturated heterocycles. The molecule has 0 fully saturated rings. The molecular formula is C22H27NO5S. The molecule has 6 nitrogen and oxygen atoms in total. The number of Topliss-reactive ketones (excluding diaryl/α,β-unsaturated/α-hetero) is 1. The molecule has 0 radical (unpaired) electrons. The molecule has 29 heavy (non-hydrogen) atoms. The minimum atomic E-state index is -0.542. The first-order valence-electron chi connectivity index (χ1n) is 9.83. The van der Waals surface area contributed by atoms with E-state index in [1.807, 2.05) is 6.92 Å². The molecule has 7 heteroatoms. The molecule has 3 rings (SSSR count). The zero-order valence-corrected chi connectivity index (χ0v) is 17.9. The van der Waals surface area contributed by atoms with Crippen molar-refractivity contribution in [3.05, 3.63) is 46.3 Å². The molecule has 1 aliphatic carbocycles. The highest BCUT2D eigenvalue weighted by molar-refractivity contribution is 7.99. The Morgan fingerprint density at radius 1 is 1.34 bits per heavy atom. The number of aromatic hydroxyl groups is 1. The lowest BCUT2D eigenvalue weighted by molar-refractivity contribution is -0.138. The van der Waals surface area contributed by atoms with Crippen LogP contribution in [0.15, 0.2) is 40.7 Å². The Kier molecular flexibility index (Phi) is 6.90. The summed E-state index contributed by atoms with van der Waals surface area (Å²) in [5, 5.41) is 13.3. The number of phenolic OH excluding ortho intramolecular Hbond substituents is 1. The average Bonchev–Trinajstić information content (AvgIpc) is 2.70. The monoisotopic (exact) mass is 417 g/mol. The largest absolute Gasteiger partial charge is 0.504 e. The van der Waals surface area contributed by atoms with E-state index in [-0.39, 0.29) is 11.5 Å². The van der Waals surface area contributed by atoms with E-state index in [4.69, 9.17) is 9.47 Å². The number of carbonyl (C=O) groups excluding carboxylic acids is 2. The molecule has 0 bridgehead atoms. The second-order valence-electron chi connectivity index (χ2n) is 7.03. The first-order valence-corrected chi connectivity index (χ1v) is 11.0. The zero-order valence-electron chi connectivity index (χ0n) is 17.0. The third-order valence-corrected chi connectivity index (χ3v) is 6.06. The van der Waals surface area contributed by atoms with Gasteiger partial charge in [-0.15, -0.1) is 0 Å². The van der Waals surface area contributed by atoms with E-state index in [1.54, 1.807) is 23.9 Å². The molecule has 1 aromatic carbocycles. The van der Waals surface area contributed by atoms with Gasteiger partial charge in [0.1, 0.15) is 6.61 Å². The zero-order chi connectivity index (χ0) is 21.0. The fraction of sp³-hybridized carbons (Fsp3) is 0.455. The fourth-order valence-electron chi connectivity index (χ4n) is 3.88. The van der Waals surface area contributed by atoms with Gasteiger partial charge in [-0.2, -0.15) is 11.8 Å². The van der Waals surface area contributed by atoms with E-state index in [1.165, 1.54) is 13.2 Å². The number of phenols is 1. The lowest BCUT2D eigenvalue weighted by Gasteiger charge is -2.34. The van der Waals surface area contributed by atoms with Gasteiger partial charge in [0.2, 0.25) is 0 Å². The number of nitrogens with one attached hydrogen (secondary N) is 1. The first kappa shape index (κ1) is 21.3. The summed E-state index contributed by atoms with van der Waals surface area (Å²) in [7, 11) is 1.47. The van der Waals surface area contributed by atoms with Crippen LogP contribution in [0.5, 0.6) is 11.5 Å². The van der Waals surface area contributed by atoms with Crippen LogP contribution in [0.2, 0.25) is 0 Å². The van der Waals surface area contributed by atoms with Gasteiger partial charge in [-0.25, -0.2) is 4.79 Å². The Hall–Kier alpha value is -2.41. The highest BCUT2D eigenvalue weighted by Gasteiger charge is 2.39. The number of esters is 1. The summed E-state index contributed by atoms with van der Waals surface area (Å²) in [4.78, 5) is 25.9. The summed E-state index contributed by atoms with van der Waals surface area (Å²) < 4.78 is 10.8. The smallest absolute Gasteiger partial charge is 0.336 e. The number of benzene rings is 1. The Labute approximate surface area is 175 Å². The maximum absolute atomic E-state index is 13.0. The van der Waals surface area contributed by atoms with E-state index < -0.39 is 11.9 Å². The van der Waals surface area contributed by atoms with Gasteiger partial charge in [0.25, 0.3) is 0 Å². The molecule has 0 unspecified atom stereocenters. The molecule has 0 saturated carbocycles. The number of ether oxygens (including phenoxy) is 2. The molecule has 2 aliphatic rings. The number of rotatable bonds is 7. The van der Waals surface area contributed by atoms with Crippen LogP contribution >= 0.6 is 11.8 Å². The quantitative estimate of drug-likeness (QED) is 0.517. The second-order valence-corrected chi connectivity index (χ2v) is 8.42. The van der Waals surface area contributed by atoms with Crippen LogP contribution in [-0.4, -0.2) is 42.1 Å². The number of allylic oxidation sites excluding steroid dienone is 3. The van der Waals surface area contributed by atoms with Crippen molar-refractivity contribution < 1.29 is 24.2 Å². The van der Waals surface area contributed by atoms with E-state index in [2.05, 4.69) is 12.2 Å². The molecule has 156 valence electrons. The molecule has 2 N–H and O–H groups in total. The Morgan fingerprint density at radius 2 is 2.14 bits per heavy atom. The number of dihydropyridines is 1. The number of methoxy groups -OCH3 is 1. The van der Waals surface area contributed by atoms with Crippen molar-refractivity contribution in [2.45, 2.75) is 39.0 Å². The van der Waals surface area contributed by atoms with Crippen molar-refractivity contribution in [2.75, 3.05) is 25.2 Å². The lowest BCUT2D eigenvalue weighted by atomic mass is 9.75. The van der Waals surface area contributed by atoms with E-state index in [0.29, 0.717) is 35.6 Å². The van der Waals surface area contributed by atoms with Crippen LogP contribution in [0.1, 0.15) is 44.6 Å². The number of ketones is 1. The molecule has 0 aromatic heterocycles. The normalized spacial score (nSPS) is 19.0. The van der Waals surface area contributed by atoms with Gasteiger partial charge in [-0.05, 0) is 43.2 Å². The number of hydrogen-bond acceptors (Lipinski definition) is 7. The summed E-state index contributed by atoms with van der Waals surface area (Å²) in [6.07, 6.45) is 2.01. The van der Waals surface area contributed by atoms with E-state index in [9.17, 15) is 14.7 Å². The second kappa shape index (κ2) is 9.39. The molecule has 1 heterocycles. The highest BCUT2D eigenvalue weighted by atomic mass is 32.2. The molecule has 1 atom stereocenters. The molecule has 0 spiro atoms. The molecule has 1 aliphatic heterocycles. The number of thioether (sulfide) groups is 1. The van der Waals surface area contributed by atoms with Gasteiger partial charge < -0.3 is 19.9 Å². The van der Waals surface area contributed by atoms with Crippen molar-refractivity contribution in [1.29, 1.82) is 0 Å². The van der Waals surface area contributed by atoms with Crippen LogP contribution in [-0.2, 0) is 14.3 Å². The maximum Gasteiger partial charge on any atom is 0.336 e. The molecular weight excluding hydrogens is 390 g/mol. The van der Waals surface area contributed by atoms with E-state index >= 15 is 0 Å². The van der Waals surface area contributed by atoms with Crippen LogP contribution in [0, 0.1) is 0 Å². The van der Waals surface area contributed by atoms with Crippen LogP contribution < -0.4 is 10.1 Å². The van der Waals surface area contributed by atoms with Gasteiger partial charge in [-0.3, -0.25) is 4.79 Å². The Balaban J connectivity index is 2.03. The molecule has 0 amide bonds. The van der Waals surface area contributed by atoms with Gasteiger partial charge in [0, 0.05) is 35.1 Å². The van der Waals surface area contributed by atoms with Gasteiger partial charge in [0.15, 0.2) is 17.3 Å². The summed E-state index contributed by atoms with van der Waals surface area (Å²) in [5.74, 6) is 1.07. The topological polar surface area (TPSA) is 84.9 Å². The number of hydrogen-bond donors (Lipinski definition) is 2. The Morgan fingerprint density at radius 3 is 2.86 bits per heavy atom. The maximum atomic E-state index is 13.0.